The molecule has 2 N–H and O–H groups in total. The minimum absolute atomic E-state index is 0.728. The molecule has 0 rings (SSSR count). The van der Waals surface area contributed by atoms with Gasteiger partial charge in [-0.05, 0) is 0 Å². The molecule has 0 amide bonds. The smallest absolute Gasteiger partial charge is 0.106 e. The van der Waals surface area contributed by atoms with Gasteiger partial charge in [-0.3, -0.25) is 0 Å². The maximum Gasteiger partial charge on any atom is 0.106 e. The Morgan fingerprint density at radius 3 is 2.88 bits per heavy atom. The molecule has 8 heavy (non-hydrogen) atoms. The molecule has 46 valence electrons. The molecule has 0 saturated heterocycles. The second kappa shape index (κ2) is 4.24. The quantitative estimate of drug-likeness (QED) is 0.561. The van der Waals surface area contributed by atoms with Gasteiger partial charge in [0.1, 0.15) is 6.26 Å². The van der Waals surface area contributed by atoms with Gasteiger partial charge in [-0.15, -0.1) is 0 Å². The van der Waals surface area contributed by atoms with Crippen LogP contribution in [0.1, 0.15) is 13.3 Å². The maximum atomic E-state index is 4.98. The van der Waals surface area contributed by atoms with Crippen LogP contribution < -0.4 is 5.73 Å². The van der Waals surface area contributed by atoms with Gasteiger partial charge in [0.2, 0.25) is 0 Å². The van der Waals surface area contributed by atoms with Crippen LogP contribution in [0.5, 0.6) is 0 Å². The van der Waals surface area contributed by atoms with E-state index in [1.807, 2.05) is 6.92 Å². The molecule has 0 atom stereocenters. The normalized spacial score (nSPS) is 9.62. The Kier molecular flexibility index (Phi) is 3.76. The first-order valence-electron chi connectivity index (χ1n) is 2.52. The maximum absolute atomic E-state index is 4.98. The lowest BCUT2D eigenvalue weighted by molar-refractivity contribution is 0.339. The predicted octanol–water partition coefficient (Wildman–Crippen LogP) is 1.36. The summed E-state index contributed by atoms with van der Waals surface area (Å²) in [7, 11) is 0. The van der Waals surface area contributed by atoms with Gasteiger partial charge < -0.3 is 10.5 Å². The van der Waals surface area contributed by atoms with Crippen molar-refractivity contribution in [2.24, 2.45) is 5.73 Å². The predicted molar refractivity (Wildman–Crippen MR) is 33.8 cm³/mol. The van der Waals surface area contributed by atoms with Gasteiger partial charge in [0.05, 0.1) is 5.76 Å². The van der Waals surface area contributed by atoms with Crippen LogP contribution in [-0.2, 0) is 4.74 Å². The van der Waals surface area contributed by atoms with Crippen molar-refractivity contribution < 1.29 is 4.74 Å². The average Bonchev–Trinajstić information content (AvgIpc) is 1.83. The summed E-state index contributed by atoms with van der Waals surface area (Å²) in [6.45, 7) is 5.55. The van der Waals surface area contributed by atoms with E-state index in [1.165, 1.54) is 12.5 Å². The van der Waals surface area contributed by atoms with Crippen molar-refractivity contribution >= 4 is 0 Å². The third kappa shape index (κ3) is 3.28. The zero-order valence-corrected chi connectivity index (χ0v) is 5.05. The lowest BCUT2D eigenvalue weighted by atomic mass is 10.4. The van der Waals surface area contributed by atoms with Crippen LogP contribution in [0.4, 0.5) is 0 Å². The Hall–Kier alpha value is -0.920. The average molecular weight is 113 g/mol. The summed E-state index contributed by atoms with van der Waals surface area (Å²) in [5, 5.41) is 0. The zero-order chi connectivity index (χ0) is 6.41. The summed E-state index contributed by atoms with van der Waals surface area (Å²) < 4.78 is 4.84. The summed E-state index contributed by atoms with van der Waals surface area (Å²) in [6.07, 6.45) is 3.57. The number of allylic oxidation sites excluding steroid dienone is 1. The highest BCUT2D eigenvalue weighted by Gasteiger charge is 1.81. The van der Waals surface area contributed by atoms with E-state index < -0.39 is 0 Å². The second-order valence-electron chi connectivity index (χ2n) is 1.34. The minimum Gasteiger partial charge on any atom is -0.469 e. The van der Waals surface area contributed by atoms with Crippen molar-refractivity contribution in [3.63, 3.8) is 0 Å². The summed E-state index contributed by atoms with van der Waals surface area (Å²) in [6, 6.07) is 0. The van der Waals surface area contributed by atoms with Crippen molar-refractivity contribution in [3.8, 4) is 0 Å². The van der Waals surface area contributed by atoms with Crippen LogP contribution in [0.2, 0.25) is 0 Å². The van der Waals surface area contributed by atoms with Gasteiger partial charge in [0.15, 0.2) is 0 Å². The Balaban J connectivity index is 3.25. The van der Waals surface area contributed by atoms with Crippen molar-refractivity contribution in [1.82, 2.24) is 0 Å². The highest BCUT2D eigenvalue weighted by Crippen LogP contribution is 1.97. The summed E-state index contributed by atoms with van der Waals surface area (Å²) in [5.41, 5.74) is 4.98. The molecule has 0 unspecified atom stereocenters. The molecular formula is C6H11NO. The fourth-order valence-corrected chi connectivity index (χ4v) is 0.219. The summed E-state index contributed by atoms with van der Waals surface area (Å²) in [5.74, 6) is 0.728. The zero-order valence-electron chi connectivity index (χ0n) is 5.05. The van der Waals surface area contributed by atoms with Crippen molar-refractivity contribution in [1.29, 1.82) is 0 Å². The second-order valence-corrected chi connectivity index (χ2v) is 1.34. The number of rotatable bonds is 3. The van der Waals surface area contributed by atoms with Crippen LogP contribution in [0.25, 0.3) is 0 Å². The molecule has 0 aromatic carbocycles. The first kappa shape index (κ1) is 7.08. The molecule has 0 heterocycles. The van der Waals surface area contributed by atoms with Crippen molar-refractivity contribution in [2.45, 2.75) is 13.3 Å². The van der Waals surface area contributed by atoms with Crippen LogP contribution in [0.3, 0.4) is 0 Å². The topological polar surface area (TPSA) is 35.2 Å². The van der Waals surface area contributed by atoms with Crippen molar-refractivity contribution in [3.05, 3.63) is 24.8 Å². The van der Waals surface area contributed by atoms with E-state index in [0.717, 1.165) is 12.2 Å². The van der Waals surface area contributed by atoms with E-state index in [2.05, 4.69) is 6.58 Å². The van der Waals surface area contributed by atoms with Crippen molar-refractivity contribution in [2.75, 3.05) is 0 Å². The van der Waals surface area contributed by atoms with E-state index in [-0.39, 0.29) is 0 Å². The molecule has 0 fully saturated rings. The fourth-order valence-electron chi connectivity index (χ4n) is 0.219. The summed E-state index contributed by atoms with van der Waals surface area (Å²) in [4.78, 5) is 0. The Morgan fingerprint density at radius 2 is 2.50 bits per heavy atom. The molecule has 0 aliphatic rings. The lowest BCUT2D eigenvalue weighted by Gasteiger charge is -1.96. The molecule has 2 heteroatoms. The first-order valence-corrected chi connectivity index (χ1v) is 2.52. The monoisotopic (exact) mass is 113 g/mol. The molecule has 0 aliphatic carbocycles. The molecular weight excluding hydrogens is 102 g/mol. The third-order valence-corrected chi connectivity index (χ3v) is 0.708. The molecule has 0 radical (unpaired) electrons. The van der Waals surface area contributed by atoms with E-state index in [4.69, 9.17) is 10.5 Å². The highest BCUT2D eigenvalue weighted by atomic mass is 16.5. The Bertz CT molecular complexity index is 96.7. The lowest BCUT2D eigenvalue weighted by Crippen LogP contribution is -1.82. The first-order chi connectivity index (χ1) is 3.81. The van der Waals surface area contributed by atoms with E-state index >= 15 is 0 Å². The van der Waals surface area contributed by atoms with Gasteiger partial charge in [0.25, 0.3) is 0 Å². The summed E-state index contributed by atoms with van der Waals surface area (Å²) >= 11 is 0. The van der Waals surface area contributed by atoms with E-state index in [9.17, 15) is 0 Å². The van der Waals surface area contributed by atoms with Gasteiger partial charge >= 0.3 is 0 Å². The van der Waals surface area contributed by atoms with Gasteiger partial charge in [-0.2, -0.15) is 0 Å². The number of nitrogens with two attached hydrogens (primary N) is 1. The fraction of sp³-hybridized carbons (Fsp3) is 0.333. The van der Waals surface area contributed by atoms with Gasteiger partial charge in [-0.1, -0.05) is 13.5 Å². The van der Waals surface area contributed by atoms with E-state index in [0.29, 0.717) is 0 Å². The largest absolute Gasteiger partial charge is 0.469 e. The minimum atomic E-state index is 0.728. The Morgan fingerprint density at radius 1 is 1.88 bits per heavy atom. The molecule has 0 bridgehead atoms. The molecule has 0 aromatic rings. The Labute approximate surface area is 49.6 Å². The van der Waals surface area contributed by atoms with Crippen LogP contribution in [-0.4, -0.2) is 0 Å². The number of ether oxygens (including phenoxy) is 1. The van der Waals surface area contributed by atoms with Gasteiger partial charge in [0, 0.05) is 12.6 Å². The molecule has 0 aromatic heterocycles. The molecule has 2 nitrogen and oxygen atoms in total. The van der Waals surface area contributed by atoms with Crippen LogP contribution in [0.15, 0.2) is 24.8 Å². The molecule has 0 spiro atoms. The third-order valence-electron chi connectivity index (χ3n) is 0.708. The SMILES string of the molecule is C=C(CC)O/C=C\N. The van der Waals surface area contributed by atoms with Crippen LogP contribution in [0, 0.1) is 0 Å². The highest BCUT2D eigenvalue weighted by molar-refractivity contribution is 4.83. The number of hydrogen-bond donors (Lipinski definition) is 1. The van der Waals surface area contributed by atoms with Crippen LogP contribution >= 0.6 is 0 Å². The molecule has 0 aliphatic heterocycles. The van der Waals surface area contributed by atoms with E-state index in [1.54, 1.807) is 0 Å². The van der Waals surface area contributed by atoms with Gasteiger partial charge in [-0.25, -0.2) is 0 Å². The standard InChI is InChI=1S/C6H11NO/c1-3-6(2)8-5-4-7/h4-5H,2-3,7H2,1H3/b5-4-. The number of hydrogen-bond acceptors (Lipinski definition) is 2. The molecule has 0 saturated carbocycles.